The molecule has 0 radical (unpaired) electrons. The van der Waals surface area contributed by atoms with E-state index < -0.39 is 0 Å². The van der Waals surface area contributed by atoms with Crippen LogP contribution in [-0.4, -0.2) is 9.78 Å². The third kappa shape index (κ3) is 2.55. The van der Waals surface area contributed by atoms with Crippen molar-refractivity contribution in [1.82, 2.24) is 9.78 Å². The van der Waals surface area contributed by atoms with E-state index in [0.717, 1.165) is 5.56 Å². The van der Waals surface area contributed by atoms with Gasteiger partial charge in [-0.1, -0.05) is 54.1 Å². The van der Waals surface area contributed by atoms with Crippen molar-refractivity contribution >= 4 is 23.2 Å². The number of hydrogen-bond acceptors (Lipinski definition) is 1. The lowest BCUT2D eigenvalue weighted by Crippen LogP contribution is -1.99. The van der Waals surface area contributed by atoms with Gasteiger partial charge >= 0.3 is 0 Å². The normalized spacial score (nSPS) is 10.8. The molecule has 0 N–H and O–H groups in total. The molecule has 0 amide bonds. The van der Waals surface area contributed by atoms with Crippen LogP contribution in [0.3, 0.4) is 0 Å². The molecule has 0 atom stereocenters. The summed E-state index contributed by atoms with van der Waals surface area (Å²) in [5.74, 6) is -0.181. The number of nitrogens with zero attached hydrogens (tertiary/aromatic N) is 2. The third-order valence-electron chi connectivity index (χ3n) is 3.18. The third-order valence-corrected chi connectivity index (χ3v) is 3.84. The first-order chi connectivity index (χ1) is 10.2. The monoisotopic (exact) mass is 320 g/mol. The minimum atomic E-state index is -0.386. The second-order valence-corrected chi connectivity index (χ2v) is 5.11. The van der Waals surface area contributed by atoms with Gasteiger partial charge in [0.25, 0.3) is 0 Å². The summed E-state index contributed by atoms with van der Waals surface area (Å²) in [6, 6.07) is 15.9. The van der Waals surface area contributed by atoms with Crippen LogP contribution in [0.2, 0.25) is 5.15 Å². The van der Waals surface area contributed by atoms with Crippen molar-refractivity contribution < 1.29 is 4.39 Å². The highest BCUT2D eigenvalue weighted by Crippen LogP contribution is 2.32. The quantitative estimate of drug-likeness (QED) is 0.616. The Kier molecular flexibility index (Phi) is 3.95. The van der Waals surface area contributed by atoms with Crippen molar-refractivity contribution in [2.24, 2.45) is 0 Å². The first kappa shape index (κ1) is 14.1. The van der Waals surface area contributed by atoms with E-state index in [1.807, 2.05) is 30.3 Å². The van der Waals surface area contributed by atoms with Crippen LogP contribution in [0.5, 0.6) is 0 Å². The summed E-state index contributed by atoms with van der Waals surface area (Å²) < 4.78 is 15.3. The Balaban J connectivity index is 2.21. The molecule has 0 saturated heterocycles. The van der Waals surface area contributed by atoms with Gasteiger partial charge in [-0.05, 0) is 12.1 Å². The molecule has 0 bridgehead atoms. The zero-order valence-corrected chi connectivity index (χ0v) is 12.4. The molecule has 0 aliphatic rings. The fraction of sp³-hybridized carbons (Fsp3) is 0.0625. The minimum Gasteiger partial charge on any atom is -0.218 e. The van der Waals surface area contributed by atoms with Gasteiger partial charge < -0.3 is 0 Å². The van der Waals surface area contributed by atoms with Gasteiger partial charge in [-0.2, -0.15) is 5.10 Å². The van der Waals surface area contributed by atoms with Gasteiger partial charge in [-0.3, -0.25) is 0 Å². The smallest absolute Gasteiger partial charge is 0.148 e. The molecular weight excluding hydrogens is 310 g/mol. The van der Waals surface area contributed by atoms with E-state index in [4.69, 9.17) is 23.2 Å². The Bertz CT molecular complexity index is 769. The Hall–Kier alpha value is -1.84. The zero-order chi connectivity index (χ0) is 14.8. The van der Waals surface area contributed by atoms with Crippen molar-refractivity contribution in [3.05, 3.63) is 71.1 Å². The maximum absolute atomic E-state index is 14.0. The molecule has 21 heavy (non-hydrogen) atoms. The molecule has 1 aromatic heterocycles. The van der Waals surface area contributed by atoms with Gasteiger partial charge in [0.05, 0.1) is 11.6 Å². The van der Waals surface area contributed by atoms with E-state index in [0.29, 0.717) is 22.1 Å². The van der Waals surface area contributed by atoms with Crippen LogP contribution in [0.15, 0.2) is 54.6 Å². The molecule has 106 valence electrons. The van der Waals surface area contributed by atoms with Crippen LogP contribution in [0.1, 0.15) is 5.56 Å². The molecule has 2 nitrogen and oxygen atoms in total. The number of aromatic nitrogens is 2. The molecular formula is C16H11Cl2FN2. The van der Waals surface area contributed by atoms with E-state index in [1.165, 1.54) is 10.7 Å². The lowest BCUT2D eigenvalue weighted by Gasteiger charge is -2.04. The van der Waals surface area contributed by atoms with Gasteiger partial charge in [0.2, 0.25) is 0 Å². The standard InChI is InChI=1S/C16H11Cl2FN2/c17-10-12-15(11-6-2-1-3-7-11)20-21(16(12)18)14-9-5-4-8-13(14)19/h1-9H,10H2. The molecule has 5 heteroatoms. The molecule has 3 rings (SSSR count). The second kappa shape index (κ2) is 5.88. The van der Waals surface area contributed by atoms with Crippen molar-refractivity contribution in [1.29, 1.82) is 0 Å². The number of hydrogen-bond donors (Lipinski definition) is 0. The fourth-order valence-corrected chi connectivity index (χ4v) is 2.77. The lowest BCUT2D eigenvalue weighted by atomic mass is 10.1. The average Bonchev–Trinajstić information content (AvgIpc) is 2.85. The largest absolute Gasteiger partial charge is 0.218 e. The topological polar surface area (TPSA) is 17.8 Å². The Morgan fingerprint density at radius 1 is 1.00 bits per heavy atom. The first-order valence-electron chi connectivity index (χ1n) is 6.36. The van der Waals surface area contributed by atoms with E-state index in [2.05, 4.69) is 5.10 Å². The molecule has 0 aliphatic heterocycles. The molecule has 0 saturated carbocycles. The van der Waals surface area contributed by atoms with Crippen molar-refractivity contribution in [2.45, 2.75) is 5.88 Å². The van der Waals surface area contributed by atoms with Crippen LogP contribution in [-0.2, 0) is 5.88 Å². The van der Waals surface area contributed by atoms with E-state index in [9.17, 15) is 4.39 Å². The Morgan fingerprint density at radius 3 is 2.33 bits per heavy atom. The molecule has 0 aliphatic carbocycles. The number of benzene rings is 2. The highest BCUT2D eigenvalue weighted by molar-refractivity contribution is 6.32. The van der Waals surface area contributed by atoms with Crippen LogP contribution >= 0.6 is 23.2 Å². The lowest BCUT2D eigenvalue weighted by molar-refractivity contribution is 0.611. The highest BCUT2D eigenvalue weighted by atomic mass is 35.5. The summed E-state index contributed by atoms with van der Waals surface area (Å²) in [5.41, 5.74) is 2.55. The van der Waals surface area contributed by atoms with Gasteiger partial charge in [0, 0.05) is 11.1 Å². The SMILES string of the molecule is Fc1ccccc1-n1nc(-c2ccccc2)c(CCl)c1Cl. The highest BCUT2D eigenvalue weighted by Gasteiger charge is 2.19. The first-order valence-corrected chi connectivity index (χ1v) is 7.27. The molecule has 1 heterocycles. The van der Waals surface area contributed by atoms with E-state index in [1.54, 1.807) is 18.2 Å². The molecule has 3 aromatic rings. The average molecular weight is 321 g/mol. The fourth-order valence-electron chi connectivity index (χ4n) is 2.16. The maximum atomic E-state index is 14.0. The number of halogens is 3. The van der Waals surface area contributed by atoms with Crippen molar-refractivity contribution in [3.8, 4) is 16.9 Å². The molecule has 0 spiro atoms. The minimum absolute atomic E-state index is 0.206. The van der Waals surface area contributed by atoms with Gasteiger partial charge in [-0.15, -0.1) is 11.6 Å². The predicted molar refractivity (Wildman–Crippen MR) is 83.5 cm³/mol. The molecule has 0 fully saturated rings. The Morgan fingerprint density at radius 2 is 1.67 bits per heavy atom. The molecule has 2 aromatic carbocycles. The number of rotatable bonds is 3. The van der Waals surface area contributed by atoms with Gasteiger partial charge in [0.15, 0.2) is 0 Å². The zero-order valence-electron chi connectivity index (χ0n) is 10.9. The van der Waals surface area contributed by atoms with Gasteiger partial charge in [0.1, 0.15) is 16.7 Å². The predicted octanol–water partition coefficient (Wildman–Crippen LogP) is 5.07. The summed E-state index contributed by atoms with van der Waals surface area (Å²) in [7, 11) is 0. The summed E-state index contributed by atoms with van der Waals surface area (Å²) in [5, 5.41) is 4.77. The summed E-state index contributed by atoms with van der Waals surface area (Å²) in [4.78, 5) is 0. The molecule has 0 unspecified atom stereocenters. The number of alkyl halides is 1. The van der Waals surface area contributed by atoms with E-state index >= 15 is 0 Å². The summed E-state index contributed by atoms with van der Waals surface area (Å²) >= 11 is 12.3. The van der Waals surface area contributed by atoms with Gasteiger partial charge in [-0.25, -0.2) is 9.07 Å². The summed E-state index contributed by atoms with van der Waals surface area (Å²) in [6.45, 7) is 0. The van der Waals surface area contributed by atoms with Crippen molar-refractivity contribution in [3.63, 3.8) is 0 Å². The van der Waals surface area contributed by atoms with Crippen LogP contribution in [0.4, 0.5) is 4.39 Å². The van der Waals surface area contributed by atoms with E-state index in [-0.39, 0.29) is 11.7 Å². The van der Waals surface area contributed by atoms with Crippen LogP contribution in [0, 0.1) is 5.82 Å². The number of para-hydroxylation sites is 1. The Labute approximate surface area is 131 Å². The van der Waals surface area contributed by atoms with Crippen LogP contribution in [0.25, 0.3) is 16.9 Å². The van der Waals surface area contributed by atoms with Crippen LogP contribution < -0.4 is 0 Å². The maximum Gasteiger partial charge on any atom is 0.148 e. The second-order valence-electron chi connectivity index (χ2n) is 4.48. The van der Waals surface area contributed by atoms with Crippen molar-refractivity contribution in [2.75, 3.05) is 0 Å². The summed E-state index contributed by atoms with van der Waals surface area (Å²) in [6.07, 6.45) is 0.